The van der Waals surface area contributed by atoms with Gasteiger partial charge in [-0.2, -0.15) is 5.26 Å². The summed E-state index contributed by atoms with van der Waals surface area (Å²) in [4.78, 5) is 7.90. The number of halogens is 2. The first kappa shape index (κ1) is 12.6. The van der Waals surface area contributed by atoms with E-state index in [1.54, 1.807) is 18.3 Å². The van der Waals surface area contributed by atoms with E-state index in [9.17, 15) is 0 Å². The lowest BCUT2D eigenvalue weighted by Crippen LogP contribution is -1.81. The van der Waals surface area contributed by atoms with Crippen molar-refractivity contribution in [3.05, 3.63) is 36.3 Å². The first-order valence-corrected chi connectivity index (χ1v) is 3.50. The number of nitriles is 1. The maximum absolute atomic E-state index is 8.61. The molecule has 0 N–H and O–H groups in total. The van der Waals surface area contributed by atoms with Gasteiger partial charge in [-0.1, -0.05) is 0 Å². The van der Waals surface area contributed by atoms with E-state index in [0.717, 1.165) is 10.9 Å². The van der Waals surface area contributed by atoms with Crippen LogP contribution in [0.2, 0.25) is 0 Å². The lowest BCUT2D eigenvalue weighted by molar-refractivity contribution is 1.22. The van der Waals surface area contributed by atoms with Crippen molar-refractivity contribution in [1.82, 2.24) is 9.97 Å². The van der Waals surface area contributed by atoms with Crippen molar-refractivity contribution in [3.8, 4) is 6.07 Å². The van der Waals surface area contributed by atoms with Gasteiger partial charge in [-0.15, -0.1) is 24.8 Å². The topological polar surface area (TPSA) is 49.6 Å². The lowest BCUT2D eigenvalue weighted by atomic mass is 10.2. The maximum Gasteiger partial charge on any atom is 0.116 e. The summed E-state index contributed by atoms with van der Waals surface area (Å²) in [6.45, 7) is 0. The molecule has 2 rings (SSSR count). The fraction of sp³-hybridized carbons (Fsp3) is 0. The third-order valence-electron chi connectivity index (χ3n) is 1.63. The molecule has 0 radical (unpaired) electrons. The molecular weight excluding hydrogens is 221 g/mol. The number of rotatable bonds is 0. The number of nitrogens with zero attached hydrogens (tertiary/aromatic N) is 3. The van der Waals surface area contributed by atoms with E-state index in [1.807, 2.05) is 6.07 Å². The highest BCUT2D eigenvalue weighted by Gasteiger charge is 1.94. The fourth-order valence-corrected chi connectivity index (χ4v) is 1.05. The molecule has 2 aromatic rings. The fourth-order valence-electron chi connectivity index (χ4n) is 1.05. The van der Waals surface area contributed by atoms with Gasteiger partial charge in [0.1, 0.15) is 6.33 Å². The van der Waals surface area contributed by atoms with Crippen LogP contribution in [-0.2, 0) is 0 Å². The first-order valence-electron chi connectivity index (χ1n) is 3.50. The standard InChI is InChI=1S/C9H5N3.2ClH/c10-4-7-1-2-9-8(3-7)5-11-6-12-9;;/h1-3,5-6H;2*1H. The van der Waals surface area contributed by atoms with Gasteiger partial charge in [0.15, 0.2) is 0 Å². The zero-order valence-corrected chi connectivity index (χ0v) is 8.68. The Labute approximate surface area is 93.6 Å². The van der Waals surface area contributed by atoms with Crippen LogP contribution in [0.25, 0.3) is 10.9 Å². The summed E-state index contributed by atoms with van der Waals surface area (Å²) in [6, 6.07) is 7.40. The quantitative estimate of drug-likeness (QED) is 0.695. The van der Waals surface area contributed by atoms with Crippen molar-refractivity contribution in [3.63, 3.8) is 0 Å². The van der Waals surface area contributed by atoms with Crippen LogP contribution in [0.15, 0.2) is 30.7 Å². The molecule has 0 unspecified atom stereocenters. The number of aromatic nitrogens is 2. The molecule has 1 aromatic carbocycles. The number of hydrogen-bond acceptors (Lipinski definition) is 3. The predicted octanol–water partition coefficient (Wildman–Crippen LogP) is 2.35. The largest absolute Gasteiger partial charge is 0.244 e. The summed E-state index contributed by atoms with van der Waals surface area (Å²) in [5.74, 6) is 0. The van der Waals surface area contributed by atoms with E-state index in [1.165, 1.54) is 6.33 Å². The molecule has 0 saturated carbocycles. The van der Waals surface area contributed by atoms with Gasteiger partial charge in [-0.3, -0.25) is 0 Å². The highest BCUT2D eigenvalue weighted by Crippen LogP contribution is 2.10. The smallest absolute Gasteiger partial charge is 0.116 e. The van der Waals surface area contributed by atoms with Gasteiger partial charge in [0.25, 0.3) is 0 Å². The Morgan fingerprint density at radius 3 is 2.71 bits per heavy atom. The van der Waals surface area contributed by atoms with Crippen LogP contribution in [0.3, 0.4) is 0 Å². The Morgan fingerprint density at radius 1 is 1.21 bits per heavy atom. The molecule has 0 aliphatic carbocycles. The van der Waals surface area contributed by atoms with Gasteiger partial charge in [0, 0.05) is 11.6 Å². The second-order valence-electron chi connectivity index (χ2n) is 2.41. The first-order chi connectivity index (χ1) is 5.90. The third kappa shape index (κ3) is 2.32. The van der Waals surface area contributed by atoms with Crippen LogP contribution >= 0.6 is 24.8 Å². The second-order valence-corrected chi connectivity index (χ2v) is 2.41. The van der Waals surface area contributed by atoms with Gasteiger partial charge in [0.05, 0.1) is 17.1 Å². The molecule has 14 heavy (non-hydrogen) atoms. The average Bonchev–Trinajstić information content (AvgIpc) is 2.17. The second kappa shape index (κ2) is 5.38. The molecule has 0 fully saturated rings. The minimum absolute atomic E-state index is 0. The Balaban J connectivity index is 0.000000845. The molecule has 0 aliphatic heterocycles. The van der Waals surface area contributed by atoms with Crippen LogP contribution in [-0.4, -0.2) is 9.97 Å². The van der Waals surface area contributed by atoms with Gasteiger partial charge in [0.2, 0.25) is 0 Å². The van der Waals surface area contributed by atoms with E-state index in [2.05, 4.69) is 16.0 Å². The van der Waals surface area contributed by atoms with Gasteiger partial charge in [-0.25, -0.2) is 9.97 Å². The molecule has 1 aromatic heterocycles. The lowest BCUT2D eigenvalue weighted by Gasteiger charge is -1.93. The maximum atomic E-state index is 8.61. The van der Waals surface area contributed by atoms with Crippen molar-refractivity contribution in [2.75, 3.05) is 0 Å². The molecule has 0 atom stereocenters. The summed E-state index contributed by atoms with van der Waals surface area (Å²) in [7, 11) is 0. The third-order valence-corrected chi connectivity index (χ3v) is 1.63. The number of fused-ring (bicyclic) bond motifs is 1. The summed E-state index contributed by atoms with van der Waals surface area (Å²) < 4.78 is 0. The Kier molecular flexibility index (Phi) is 4.85. The molecule has 0 saturated heterocycles. The molecule has 5 heteroatoms. The van der Waals surface area contributed by atoms with Crippen molar-refractivity contribution in [2.24, 2.45) is 0 Å². The van der Waals surface area contributed by atoms with E-state index < -0.39 is 0 Å². The van der Waals surface area contributed by atoms with E-state index in [0.29, 0.717) is 5.56 Å². The van der Waals surface area contributed by atoms with Crippen LogP contribution in [0, 0.1) is 11.3 Å². The minimum Gasteiger partial charge on any atom is -0.244 e. The SMILES string of the molecule is Cl.Cl.N#Cc1ccc2ncncc2c1. The summed E-state index contributed by atoms with van der Waals surface area (Å²) in [5.41, 5.74) is 1.50. The molecule has 0 spiro atoms. The molecule has 0 amide bonds. The molecule has 72 valence electrons. The van der Waals surface area contributed by atoms with Gasteiger partial charge >= 0.3 is 0 Å². The van der Waals surface area contributed by atoms with Crippen molar-refractivity contribution < 1.29 is 0 Å². The monoisotopic (exact) mass is 227 g/mol. The van der Waals surface area contributed by atoms with Crippen LogP contribution in [0.1, 0.15) is 5.56 Å². The molecule has 0 aliphatic rings. The predicted molar refractivity (Wildman–Crippen MR) is 58.7 cm³/mol. The number of benzene rings is 1. The molecule has 3 nitrogen and oxygen atoms in total. The summed E-state index contributed by atoms with van der Waals surface area (Å²) in [5, 5.41) is 9.51. The average molecular weight is 228 g/mol. The molecule has 1 heterocycles. The van der Waals surface area contributed by atoms with E-state index in [-0.39, 0.29) is 24.8 Å². The van der Waals surface area contributed by atoms with Crippen LogP contribution in [0.5, 0.6) is 0 Å². The highest BCUT2D eigenvalue weighted by molar-refractivity contribution is 5.85. The number of hydrogen-bond donors (Lipinski definition) is 0. The highest BCUT2D eigenvalue weighted by atomic mass is 35.5. The molecule has 0 bridgehead atoms. The Morgan fingerprint density at radius 2 is 2.00 bits per heavy atom. The van der Waals surface area contributed by atoms with Crippen molar-refractivity contribution in [1.29, 1.82) is 5.26 Å². The normalized spacial score (nSPS) is 8.21. The molecular formula is C9H7Cl2N3. The van der Waals surface area contributed by atoms with Crippen LogP contribution < -0.4 is 0 Å². The zero-order valence-electron chi connectivity index (χ0n) is 7.04. The van der Waals surface area contributed by atoms with E-state index >= 15 is 0 Å². The van der Waals surface area contributed by atoms with Gasteiger partial charge < -0.3 is 0 Å². The van der Waals surface area contributed by atoms with E-state index in [4.69, 9.17) is 5.26 Å². The Bertz CT molecular complexity index is 465. The minimum atomic E-state index is 0. The zero-order chi connectivity index (χ0) is 8.39. The van der Waals surface area contributed by atoms with Gasteiger partial charge in [-0.05, 0) is 18.2 Å². The Hall–Kier alpha value is -1.37. The summed E-state index contributed by atoms with van der Waals surface area (Å²) in [6.07, 6.45) is 3.19. The van der Waals surface area contributed by atoms with Crippen molar-refractivity contribution >= 4 is 35.7 Å². The summed E-state index contributed by atoms with van der Waals surface area (Å²) >= 11 is 0. The van der Waals surface area contributed by atoms with Crippen molar-refractivity contribution in [2.45, 2.75) is 0 Å². The van der Waals surface area contributed by atoms with Crippen LogP contribution in [0.4, 0.5) is 0 Å².